The van der Waals surface area contributed by atoms with Gasteiger partial charge in [0.2, 0.25) is 17.8 Å². The maximum Gasteiger partial charge on any atom is 0.254 e. The van der Waals surface area contributed by atoms with Crippen LogP contribution in [0.15, 0.2) is 42.6 Å². The van der Waals surface area contributed by atoms with E-state index in [0.29, 0.717) is 17.8 Å². The highest BCUT2D eigenvalue weighted by Crippen LogP contribution is 2.38. The number of nitrogens with zero attached hydrogens (tertiary/aromatic N) is 3. The molecule has 4 rings (SSSR count). The minimum Gasteiger partial charge on any atom is -0.375 e. The maximum absolute atomic E-state index is 14.7. The third-order valence-electron chi connectivity index (χ3n) is 6.48. The number of ether oxygens (including phenoxy) is 1. The van der Waals surface area contributed by atoms with E-state index in [2.05, 4.69) is 36.6 Å². The first-order valence-corrected chi connectivity index (χ1v) is 13.1. The standard InChI is InChI=1S/C28H28ClFN8O4/c1-28(2)12-21(35-22(39)14-42-3)26(41)36-20-11-15(7-8-17(20)28)34-27-33-13-18(29)24(38-27)37-23-16(5-4-6-19(23)30)25(40)32-10-9-31/h4-8,11,13,21H,10,12,14H2,1-3H3,(H,32,40)(H,35,39)(H,36,41)(H2,33,34,37,38). The van der Waals surface area contributed by atoms with E-state index in [1.165, 1.54) is 25.4 Å². The third kappa shape index (κ3) is 6.91. The van der Waals surface area contributed by atoms with Crippen molar-refractivity contribution in [3.8, 4) is 6.07 Å². The molecule has 1 aliphatic rings. The lowest BCUT2D eigenvalue weighted by Crippen LogP contribution is -2.46. The summed E-state index contributed by atoms with van der Waals surface area (Å²) in [6.45, 7) is 3.55. The molecule has 218 valence electrons. The van der Waals surface area contributed by atoms with Crippen LogP contribution in [0.1, 0.15) is 36.2 Å². The summed E-state index contributed by atoms with van der Waals surface area (Å²) in [5, 5.41) is 22.6. The Balaban J connectivity index is 1.58. The van der Waals surface area contributed by atoms with Crippen molar-refractivity contribution >= 4 is 58.2 Å². The van der Waals surface area contributed by atoms with Gasteiger partial charge in [-0.15, -0.1) is 0 Å². The lowest BCUT2D eigenvalue weighted by Gasteiger charge is -2.27. The fraction of sp³-hybridized carbons (Fsp3) is 0.286. The molecule has 0 bridgehead atoms. The quantitative estimate of drug-likeness (QED) is 0.231. The molecule has 14 heteroatoms. The Morgan fingerprint density at radius 2 is 2.05 bits per heavy atom. The Hall–Kier alpha value is -4.80. The number of anilines is 5. The largest absolute Gasteiger partial charge is 0.375 e. The summed E-state index contributed by atoms with van der Waals surface area (Å²) in [6.07, 6.45) is 1.67. The first kappa shape index (κ1) is 30.2. The number of carbonyl (C=O) groups is 3. The van der Waals surface area contributed by atoms with Gasteiger partial charge in [-0.25, -0.2) is 9.37 Å². The van der Waals surface area contributed by atoms with Crippen LogP contribution in [0.5, 0.6) is 0 Å². The lowest BCUT2D eigenvalue weighted by molar-refractivity contribution is -0.129. The van der Waals surface area contributed by atoms with Crippen LogP contribution >= 0.6 is 11.6 Å². The van der Waals surface area contributed by atoms with Crippen molar-refractivity contribution in [3.05, 3.63) is 64.6 Å². The number of fused-ring (bicyclic) bond motifs is 1. The van der Waals surface area contributed by atoms with E-state index in [1.807, 2.05) is 19.9 Å². The van der Waals surface area contributed by atoms with E-state index in [4.69, 9.17) is 21.6 Å². The van der Waals surface area contributed by atoms with Gasteiger partial charge < -0.3 is 31.3 Å². The van der Waals surface area contributed by atoms with Crippen LogP contribution in [-0.2, 0) is 19.7 Å². The molecule has 1 unspecified atom stereocenters. The van der Waals surface area contributed by atoms with Crippen molar-refractivity contribution in [1.82, 2.24) is 20.6 Å². The molecule has 1 atom stereocenters. The van der Waals surface area contributed by atoms with Crippen molar-refractivity contribution in [2.45, 2.75) is 31.7 Å². The molecule has 0 radical (unpaired) electrons. The Kier molecular flexibility index (Phi) is 9.19. The highest BCUT2D eigenvalue weighted by molar-refractivity contribution is 6.33. The summed E-state index contributed by atoms with van der Waals surface area (Å²) in [5.41, 5.74) is 1.25. The fourth-order valence-electron chi connectivity index (χ4n) is 4.55. The van der Waals surface area contributed by atoms with Crippen LogP contribution in [0, 0.1) is 17.1 Å². The van der Waals surface area contributed by atoms with Gasteiger partial charge >= 0.3 is 0 Å². The van der Waals surface area contributed by atoms with Crippen LogP contribution < -0.4 is 26.6 Å². The zero-order chi connectivity index (χ0) is 30.4. The van der Waals surface area contributed by atoms with Crippen LogP contribution in [-0.4, -0.2) is 54.0 Å². The predicted molar refractivity (Wildman–Crippen MR) is 154 cm³/mol. The summed E-state index contributed by atoms with van der Waals surface area (Å²) >= 11 is 6.28. The second-order valence-corrected chi connectivity index (χ2v) is 10.4. The van der Waals surface area contributed by atoms with Crippen LogP contribution in [0.2, 0.25) is 5.02 Å². The smallest absolute Gasteiger partial charge is 0.254 e. The number of nitriles is 1. The average Bonchev–Trinajstić information content (AvgIpc) is 3.02. The molecule has 0 saturated heterocycles. The number of methoxy groups -OCH3 is 1. The van der Waals surface area contributed by atoms with E-state index in [9.17, 15) is 18.8 Å². The second-order valence-electron chi connectivity index (χ2n) is 10.0. The van der Waals surface area contributed by atoms with Crippen molar-refractivity contribution in [2.75, 3.05) is 36.2 Å². The van der Waals surface area contributed by atoms with Crippen molar-refractivity contribution < 1.29 is 23.5 Å². The topological polar surface area (TPSA) is 170 Å². The molecule has 2 aromatic carbocycles. The van der Waals surface area contributed by atoms with Gasteiger partial charge in [-0.05, 0) is 41.7 Å². The van der Waals surface area contributed by atoms with Crippen LogP contribution in [0.25, 0.3) is 0 Å². The van der Waals surface area contributed by atoms with Gasteiger partial charge in [0.1, 0.15) is 30.0 Å². The van der Waals surface area contributed by atoms with Crippen molar-refractivity contribution in [2.24, 2.45) is 0 Å². The number of halogens is 2. The molecule has 0 aliphatic carbocycles. The number of para-hydroxylation sites is 1. The zero-order valence-electron chi connectivity index (χ0n) is 23.0. The summed E-state index contributed by atoms with van der Waals surface area (Å²) in [6, 6.07) is 10.3. The molecule has 1 aliphatic heterocycles. The fourth-order valence-corrected chi connectivity index (χ4v) is 4.69. The summed E-state index contributed by atoms with van der Waals surface area (Å²) in [7, 11) is 1.40. The number of carbonyl (C=O) groups excluding carboxylic acids is 3. The molecule has 5 N–H and O–H groups in total. The molecule has 1 aromatic heterocycles. The van der Waals surface area contributed by atoms with E-state index >= 15 is 0 Å². The summed E-state index contributed by atoms with van der Waals surface area (Å²) in [5.74, 6) is -2.03. The third-order valence-corrected chi connectivity index (χ3v) is 6.75. The minimum atomic E-state index is -0.759. The monoisotopic (exact) mass is 594 g/mol. The van der Waals surface area contributed by atoms with Gasteiger partial charge in [0, 0.05) is 18.5 Å². The summed E-state index contributed by atoms with van der Waals surface area (Å²) < 4.78 is 19.6. The average molecular weight is 595 g/mol. The molecular formula is C28H28ClFN8O4. The number of hydrogen-bond acceptors (Lipinski definition) is 9. The number of aromatic nitrogens is 2. The van der Waals surface area contributed by atoms with Gasteiger partial charge in [0.15, 0.2) is 5.82 Å². The molecule has 3 aromatic rings. The Morgan fingerprint density at radius 3 is 2.79 bits per heavy atom. The Labute approximate surface area is 246 Å². The molecule has 0 spiro atoms. The second kappa shape index (κ2) is 12.8. The molecule has 0 saturated carbocycles. The van der Waals surface area contributed by atoms with Crippen LogP contribution in [0.3, 0.4) is 0 Å². The SMILES string of the molecule is COCC(=O)NC1CC(C)(C)c2ccc(Nc3ncc(Cl)c(Nc4c(F)cccc4C(=O)NCC#N)n3)cc2NC1=O. The number of rotatable bonds is 9. The molecule has 42 heavy (non-hydrogen) atoms. The Morgan fingerprint density at radius 1 is 1.26 bits per heavy atom. The number of hydrogen-bond donors (Lipinski definition) is 5. The first-order chi connectivity index (χ1) is 20.0. The number of benzene rings is 2. The molecular weight excluding hydrogens is 567 g/mol. The molecule has 0 fully saturated rings. The van der Waals surface area contributed by atoms with Gasteiger partial charge in [-0.3, -0.25) is 14.4 Å². The van der Waals surface area contributed by atoms with Crippen LogP contribution in [0.4, 0.5) is 33.2 Å². The van der Waals surface area contributed by atoms with Gasteiger partial charge in [0.05, 0.1) is 23.5 Å². The highest BCUT2D eigenvalue weighted by atomic mass is 35.5. The minimum absolute atomic E-state index is 0.0208. The predicted octanol–water partition coefficient (Wildman–Crippen LogP) is 3.76. The van der Waals surface area contributed by atoms with Gasteiger partial charge in [-0.2, -0.15) is 10.2 Å². The van der Waals surface area contributed by atoms with E-state index in [-0.39, 0.29) is 47.1 Å². The van der Waals surface area contributed by atoms with E-state index in [1.54, 1.807) is 18.2 Å². The number of amides is 3. The first-order valence-electron chi connectivity index (χ1n) is 12.8. The highest BCUT2D eigenvalue weighted by Gasteiger charge is 2.36. The van der Waals surface area contributed by atoms with E-state index < -0.39 is 29.1 Å². The summed E-state index contributed by atoms with van der Waals surface area (Å²) in [4.78, 5) is 46.1. The molecule has 3 amide bonds. The molecule has 12 nitrogen and oxygen atoms in total. The maximum atomic E-state index is 14.7. The Bertz CT molecular complexity index is 1580. The van der Waals surface area contributed by atoms with Gasteiger partial charge in [-0.1, -0.05) is 37.6 Å². The normalized spacial score (nSPS) is 15.3. The number of nitrogens with one attached hydrogen (secondary N) is 5. The zero-order valence-corrected chi connectivity index (χ0v) is 23.7. The lowest BCUT2D eigenvalue weighted by atomic mass is 9.79. The van der Waals surface area contributed by atoms with E-state index in [0.717, 1.165) is 11.6 Å². The van der Waals surface area contributed by atoms with Crippen molar-refractivity contribution in [1.29, 1.82) is 5.26 Å². The van der Waals surface area contributed by atoms with Crippen molar-refractivity contribution in [3.63, 3.8) is 0 Å². The van der Waals surface area contributed by atoms with Gasteiger partial charge in [0.25, 0.3) is 5.91 Å². The molecule has 2 heterocycles.